The van der Waals surface area contributed by atoms with Crippen LogP contribution in [-0.4, -0.2) is 42.7 Å². The van der Waals surface area contributed by atoms with Gasteiger partial charge in [-0.2, -0.15) is 0 Å². The monoisotopic (exact) mass is 245 g/mol. The van der Waals surface area contributed by atoms with Gasteiger partial charge in [-0.25, -0.2) is 0 Å². The molecule has 0 aromatic rings. The molecule has 0 aromatic carbocycles. The van der Waals surface area contributed by atoms with Gasteiger partial charge in [0.25, 0.3) is 0 Å². The van der Waals surface area contributed by atoms with Crippen molar-refractivity contribution in [2.45, 2.75) is 51.4 Å². The van der Waals surface area contributed by atoms with Crippen molar-refractivity contribution in [3.8, 4) is 0 Å². The molecule has 0 amide bonds. The highest BCUT2D eigenvalue weighted by molar-refractivity contribution is 7.13. The lowest BCUT2D eigenvalue weighted by Gasteiger charge is -2.39. The fourth-order valence-electron chi connectivity index (χ4n) is 2.63. The first-order valence-corrected chi connectivity index (χ1v) is 6.97. The molecule has 0 radical (unpaired) electrons. The highest BCUT2D eigenvalue weighted by Crippen LogP contribution is 2.33. The van der Waals surface area contributed by atoms with Crippen molar-refractivity contribution < 1.29 is 9.47 Å². The summed E-state index contributed by atoms with van der Waals surface area (Å²) >= 11 is 0. The van der Waals surface area contributed by atoms with E-state index in [1.807, 2.05) is 0 Å². The molecular weight excluding hydrogens is 221 g/mol. The van der Waals surface area contributed by atoms with E-state index < -0.39 is 0 Å². The first-order chi connectivity index (χ1) is 7.69. The number of rotatable bonds is 4. The van der Waals surface area contributed by atoms with Gasteiger partial charge in [0, 0.05) is 13.1 Å². The standard InChI is InChI=1S/C12H24NO2P/c1-3-10-4-5-12(10)14-8-11-7-13(16)6-9(2)15-11/h9-12H,3-8,16H2,1-2H3. The summed E-state index contributed by atoms with van der Waals surface area (Å²) in [6, 6.07) is 0. The van der Waals surface area contributed by atoms with E-state index in [9.17, 15) is 0 Å². The lowest BCUT2D eigenvalue weighted by Crippen LogP contribution is -2.45. The number of morpholine rings is 1. The van der Waals surface area contributed by atoms with Crippen molar-refractivity contribution in [3.63, 3.8) is 0 Å². The third-order valence-corrected chi connectivity index (χ3v) is 4.14. The minimum Gasteiger partial charge on any atom is -0.375 e. The summed E-state index contributed by atoms with van der Waals surface area (Å²) in [6.45, 7) is 7.11. The summed E-state index contributed by atoms with van der Waals surface area (Å²) in [5.74, 6) is 0.799. The van der Waals surface area contributed by atoms with Crippen molar-refractivity contribution in [1.29, 1.82) is 0 Å². The molecule has 0 aromatic heterocycles. The van der Waals surface area contributed by atoms with Gasteiger partial charge in [0.1, 0.15) is 0 Å². The minimum absolute atomic E-state index is 0.249. The Labute approximate surface area is 101 Å². The number of nitrogens with zero attached hydrogens (tertiary/aromatic N) is 1. The van der Waals surface area contributed by atoms with E-state index in [2.05, 4.69) is 27.9 Å². The van der Waals surface area contributed by atoms with Crippen LogP contribution in [0.3, 0.4) is 0 Å². The summed E-state index contributed by atoms with van der Waals surface area (Å²) < 4.78 is 14.1. The van der Waals surface area contributed by atoms with E-state index >= 15 is 0 Å². The van der Waals surface area contributed by atoms with Gasteiger partial charge in [0.05, 0.1) is 24.9 Å². The first kappa shape index (κ1) is 12.8. The molecule has 1 aliphatic heterocycles. The zero-order valence-electron chi connectivity index (χ0n) is 10.4. The zero-order valence-corrected chi connectivity index (χ0v) is 11.5. The lowest BCUT2D eigenvalue weighted by atomic mass is 9.80. The summed E-state index contributed by atoms with van der Waals surface area (Å²) in [5.41, 5.74) is 0. The molecule has 1 saturated heterocycles. The van der Waals surface area contributed by atoms with Crippen molar-refractivity contribution in [2.24, 2.45) is 5.92 Å². The minimum atomic E-state index is 0.249. The molecule has 3 nitrogen and oxygen atoms in total. The molecular formula is C12H24NO2P. The van der Waals surface area contributed by atoms with Gasteiger partial charge < -0.3 is 9.47 Å². The van der Waals surface area contributed by atoms with Crippen molar-refractivity contribution in [3.05, 3.63) is 0 Å². The van der Waals surface area contributed by atoms with Crippen LogP contribution in [0.2, 0.25) is 0 Å². The summed E-state index contributed by atoms with van der Waals surface area (Å²) in [5, 5.41) is 0. The Morgan fingerprint density at radius 1 is 1.38 bits per heavy atom. The molecule has 1 aliphatic carbocycles. The molecule has 16 heavy (non-hydrogen) atoms. The second-order valence-electron chi connectivity index (χ2n) is 5.14. The fraction of sp³-hybridized carbons (Fsp3) is 1.00. The molecule has 5 unspecified atom stereocenters. The number of hydrogen-bond donors (Lipinski definition) is 0. The predicted octanol–water partition coefficient (Wildman–Crippen LogP) is 2.07. The maximum Gasteiger partial charge on any atom is 0.0942 e. The smallest absolute Gasteiger partial charge is 0.0942 e. The zero-order chi connectivity index (χ0) is 11.5. The van der Waals surface area contributed by atoms with Crippen LogP contribution in [0, 0.1) is 5.92 Å². The van der Waals surface area contributed by atoms with Gasteiger partial charge in [-0.3, -0.25) is 4.67 Å². The average Bonchev–Trinajstić information content (AvgIpc) is 2.15. The molecule has 0 bridgehead atoms. The molecule has 4 heteroatoms. The van der Waals surface area contributed by atoms with Crippen LogP contribution in [0.15, 0.2) is 0 Å². The van der Waals surface area contributed by atoms with Crippen LogP contribution >= 0.6 is 9.39 Å². The highest BCUT2D eigenvalue weighted by Gasteiger charge is 2.31. The largest absolute Gasteiger partial charge is 0.375 e. The number of ether oxygens (including phenoxy) is 2. The maximum atomic E-state index is 5.96. The molecule has 5 atom stereocenters. The van der Waals surface area contributed by atoms with Gasteiger partial charge in [-0.15, -0.1) is 0 Å². The molecule has 2 rings (SSSR count). The normalized spacial score (nSPS) is 40.7. The van der Waals surface area contributed by atoms with Gasteiger partial charge in [0.15, 0.2) is 0 Å². The van der Waals surface area contributed by atoms with Crippen LogP contribution in [0.1, 0.15) is 33.1 Å². The summed E-state index contributed by atoms with van der Waals surface area (Å²) in [7, 11) is 2.77. The Balaban J connectivity index is 1.69. The molecule has 1 saturated carbocycles. The quantitative estimate of drug-likeness (QED) is 0.708. The van der Waals surface area contributed by atoms with Crippen LogP contribution < -0.4 is 0 Å². The Morgan fingerprint density at radius 3 is 2.75 bits per heavy atom. The topological polar surface area (TPSA) is 21.7 Å². The second kappa shape index (κ2) is 5.77. The van der Waals surface area contributed by atoms with E-state index in [0.717, 1.165) is 25.6 Å². The van der Waals surface area contributed by atoms with E-state index in [1.165, 1.54) is 19.3 Å². The van der Waals surface area contributed by atoms with E-state index in [0.29, 0.717) is 12.2 Å². The first-order valence-electron chi connectivity index (χ1n) is 6.45. The third-order valence-electron chi connectivity index (χ3n) is 3.72. The third kappa shape index (κ3) is 3.16. The Hall–Kier alpha value is 0.310. The lowest BCUT2D eigenvalue weighted by molar-refractivity contribution is -0.126. The molecule has 0 spiro atoms. The average molecular weight is 245 g/mol. The Kier molecular flexibility index (Phi) is 4.60. The molecule has 2 aliphatic rings. The summed E-state index contributed by atoms with van der Waals surface area (Å²) in [6.07, 6.45) is 4.92. The SMILES string of the molecule is CCC1CCC1OCC1CN(P)CC(C)O1. The van der Waals surface area contributed by atoms with Crippen LogP contribution in [0.5, 0.6) is 0 Å². The molecule has 94 valence electrons. The summed E-state index contributed by atoms with van der Waals surface area (Å²) in [4.78, 5) is 0. The van der Waals surface area contributed by atoms with Gasteiger partial charge in [-0.1, -0.05) is 22.7 Å². The van der Waals surface area contributed by atoms with E-state index in [-0.39, 0.29) is 6.10 Å². The molecule has 2 fully saturated rings. The molecule has 1 heterocycles. The Morgan fingerprint density at radius 2 is 2.19 bits per heavy atom. The van der Waals surface area contributed by atoms with Crippen LogP contribution in [-0.2, 0) is 9.47 Å². The second-order valence-corrected chi connectivity index (χ2v) is 5.87. The van der Waals surface area contributed by atoms with E-state index in [4.69, 9.17) is 9.47 Å². The molecule has 0 N–H and O–H groups in total. The Bertz CT molecular complexity index is 215. The van der Waals surface area contributed by atoms with Crippen LogP contribution in [0.25, 0.3) is 0 Å². The van der Waals surface area contributed by atoms with Crippen molar-refractivity contribution in [1.82, 2.24) is 4.67 Å². The van der Waals surface area contributed by atoms with Gasteiger partial charge in [-0.05, 0) is 25.7 Å². The van der Waals surface area contributed by atoms with Gasteiger partial charge >= 0.3 is 0 Å². The number of hydrogen-bond acceptors (Lipinski definition) is 3. The maximum absolute atomic E-state index is 5.96. The van der Waals surface area contributed by atoms with Crippen molar-refractivity contribution >= 4 is 9.39 Å². The highest BCUT2D eigenvalue weighted by atomic mass is 31.0. The fourth-order valence-corrected chi connectivity index (χ4v) is 3.16. The van der Waals surface area contributed by atoms with Crippen molar-refractivity contribution in [2.75, 3.05) is 19.7 Å². The van der Waals surface area contributed by atoms with Crippen LogP contribution in [0.4, 0.5) is 0 Å². The predicted molar refractivity (Wildman–Crippen MR) is 68.4 cm³/mol. The van der Waals surface area contributed by atoms with Gasteiger partial charge in [0.2, 0.25) is 0 Å². The van der Waals surface area contributed by atoms with E-state index in [1.54, 1.807) is 0 Å².